The van der Waals surface area contributed by atoms with E-state index in [-0.39, 0.29) is 5.66 Å². The zero-order valence-electron chi connectivity index (χ0n) is 7.02. The molecule has 1 atom stereocenters. The van der Waals surface area contributed by atoms with Crippen molar-refractivity contribution in [2.75, 3.05) is 14.2 Å². The smallest absolute Gasteiger partial charge is 0.188 e. The third-order valence-electron chi connectivity index (χ3n) is 1.53. The molecule has 1 aromatic heterocycles. The lowest BCUT2D eigenvalue weighted by Crippen LogP contribution is -2.22. The molecule has 64 valence electrons. The second kappa shape index (κ2) is 3.75. The van der Waals surface area contributed by atoms with Gasteiger partial charge in [0, 0.05) is 12.7 Å². The number of hydroxylamine groups is 2. The van der Waals surface area contributed by atoms with E-state index in [4.69, 9.17) is 17.1 Å². The highest BCUT2D eigenvalue weighted by Gasteiger charge is 2.15. The SMILES string of the molecule is [B]c1ccc(C(O)N(C)OC)o1. The number of nitrogens with zero attached hydrogens (tertiary/aromatic N) is 1. The minimum atomic E-state index is -0.924. The Morgan fingerprint density at radius 2 is 2.33 bits per heavy atom. The average Bonchev–Trinajstić information content (AvgIpc) is 2.49. The van der Waals surface area contributed by atoms with Gasteiger partial charge < -0.3 is 9.52 Å². The van der Waals surface area contributed by atoms with Crippen LogP contribution < -0.4 is 5.66 Å². The van der Waals surface area contributed by atoms with E-state index in [0.717, 1.165) is 0 Å². The van der Waals surface area contributed by atoms with Crippen molar-refractivity contribution in [2.45, 2.75) is 6.23 Å². The van der Waals surface area contributed by atoms with Crippen molar-refractivity contribution in [2.24, 2.45) is 0 Å². The van der Waals surface area contributed by atoms with Gasteiger partial charge in [-0.1, -0.05) is 0 Å². The van der Waals surface area contributed by atoms with Gasteiger partial charge in [-0.15, -0.1) is 0 Å². The molecule has 1 N–H and O–H groups in total. The number of aliphatic hydroxyl groups excluding tert-OH is 1. The van der Waals surface area contributed by atoms with Crippen molar-refractivity contribution >= 4 is 13.5 Å². The van der Waals surface area contributed by atoms with Crippen LogP contribution in [0.25, 0.3) is 0 Å². The summed E-state index contributed by atoms with van der Waals surface area (Å²) in [6.45, 7) is 0. The molecule has 0 fully saturated rings. The molecule has 0 aliphatic carbocycles. The first-order valence-corrected chi connectivity index (χ1v) is 3.45. The van der Waals surface area contributed by atoms with Gasteiger partial charge >= 0.3 is 0 Å². The molecule has 1 unspecified atom stereocenters. The number of rotatable bonds is 3. The largest absolute Gasteiger partial charge is 0.474 e. The Kier molecular flexibility index (Phi) is 2.91. The van der Waals surface area contributed by atoms with E-state index < -0.39 is 6.23 Å². The van der Waals surface area contributed by atoms with Gasteiger partial charge in [-0.3, -0.25) is 4.84 Å². The molecular formula is C7H10BNO3. The van der Waals surface area contributed by atoms with Gasteiger partial charge in [-0.25, -0.2) is 0 Å². The molecule has 0 spiro atoms. The summed E-state index contributed by atoms with van der Waals surface area (Å²) in [4.78, 5) is 4.76. The maximum absolute atomic E-state index is 9.45. The monoisotopic (exact) mass is 167 g/mol. The van der Waals surface area contributed by atoms with Gasteiger partial charge in [0.1, 0.15) is 5.76 Å². The van der Waals surface area contributed by atoms with Crippen LogP contribution in [0, 0.1) is 0 Å². The topological polar surface area (TPSA) is 45.8 Å². The quantitative estimate of drug-likeness (QED) is 0.376. The molecule has 1 heterocycles. The minimum absolute atomic E-state index is 0.272. The maximum atomic E-state index is 9.45. The van der Waals surface area contributed by atoms with E-state index in [9.17, 15) is 5.11 Å². The van der Waals surface area contributed by atoms with E-state index in [1.165, 1.54) is 12.2 Å². The van der Waals surface area contributed by atoms with Crippen LogP contribution in [0.2, 0.25) is 0 Å². The van der Waals surface area contributed by atoms with Crippen LogP contribution in [0.3, 0.4) is 0 Å². The van der Waals surface area contributed by atoms with Crippen molar-refractivity contribution in [1.29, 1.82) is 0 Å². The predicted octanol–water partition coefficient (Wildman–Crippen LogP) is -0.443. The van der Waals surface area contributed by atoms with Crippen LogP contribution in [-0.2, 0) is 4.84 Å². The lowest BCUT2D eigenvalue weighted by atomic mass is 10.1. The Morgan fingerprint density at radius 3 is 2.75 bits per heavy atom. The van der Waals surface area contributed by atoms with Gasteiger partial charge in [0.2, 0.25) is 0 Å². The Hall–Kier alpha value is -0.775. The molecule has 0 aliphatic heterocycles. The fourth-order valence-electron chi connectivity index (χ4n) is 0.786. The van der Waals surface area contributed by atoms with E-state index in [0.29, 0.717) is 5.76 Å². The molecule has 12 heavy (non-hydrogen) atoms. The number of hydrogen-bond acceptors (Lipinski definition) is 4. The van der Waals surface area contributed by atoms with Crippen molar-refractivity contribution in [3.63, 3.8) is 0 Å². The summed E-state index contributed by atoms with van der Waals surface area (Å²) >= 11 is 0. The van der Waals surface area contributed by atoms with Crippen LogP contribution in [0.5, 0.6) is 0 Å². The van der Waals surface area contributed by atoms with Crippen LogP contribution in [0.1, 0.15) is 12.0 Å². The summed E-state index contributed by atoms with van der Waals surface area (Å²) in [7, 11) is 8.36. The molecule has 0 amide bonds. The van der Waals surface area contributed by atoms with E-state index in [1.807, 2.05) is 0 Å². The Balaban J connectivity index is 2.70. The Morgan fingerprint density at radius 1 is 1.67 bits per heavy atom. The zero-order valence-corrected chi connectivity index (χ0v) is 7.02. The van der Waals surface area contributed by atoms with Crippen molar-refractivity contribution in [3.8, 4) is 0 Å². The summed E-state index contributed by atoms with van der Waals surface area (Å²) in [6.07, 6.45) is -0.924. The molecule has 4 nitrogen and oxygen atoms in total. The fourth-order valence-corrected chi connectivity index (χ4v) is 0.786. The molecule has 0 saturated heterocycles. The normalized spacial score (nSPS) is 13.7. The molecular weight excluding hydrogens is 157 g/mol. The highest BCUT2D eigenvalue weighted by atomic mass is 16.7. The number of aliphatic hydroxyl groups is 1. The highest BCUT2D eigenvalue weighted by Crippen LogP contribution is 2.14. The lowest BCUT2D eigenvalue weighted by molar-refractivity contribution is -0.211. The van der Waals surface area contributed by atoms with Crippen LogP contribution >= 0.6 is 0 Å². The third kappa shape index (κ3) is 1.88. The standard InChI is InChI=1S/C7H10BNO3/c1-9(11-2)7(10)5-3-4-6(8)12-5/h3-4,7,10H,1-2H3. The minimum Gasteiger partial charge on any atom is -0.474 e. The first-order chi connectivity index (χ1) is 5.65. The second-order valence-corrected chi connectivity index (χ2v) is 2.34. The van der Waals surface area contributed by atoms with E-state index in [1.54, 1.807) is 19.2 Å². The van der Waals surface area contributed by atoms with Crippen LogP contribution in [-0.4, -0.2) is 32.2 Å². The van der Waals surface area contributed by atoms with E-state index in [2.05, 4.69) is 0 Å². The summed E-state index contributed by atoms with van der Waals surface area (Å²) in [5.41, 5.74) is 0.272. The predicted molar refractivity (Wildman–Crippen MR) is 43.8 cm³/mol. The zero-order chi connectivity index (χ0) is 9.14. The molecule has 0 bridgehead atoms. The van der Waals surface area contributed by atoms with Gasteiger partial charge in [-0.05, 0) is 12.1 Å². The maximum Gasteiger partial charge on any atom is 0.188 e. The molecule has 0 aromatic carbocycles. The second-order valence-electron chi connectivity index (χ2n) is 2.34. The molecule has 1 aromatic rings. The van der Waals surface area contributed by atoms with Gasteiger partial charge in [0.15, 0.2) is 14.1 Å². The first-order valence-electron chi connectivity index (χ1n) is 3.45. The number of hydrogen-bond donors (Lipinski definition) is 1. The Bertz CT molecular complexity index is 251. The van der Waals surface area contributed by atoms with Gasteiger partial charge in [0.25, 0.3) is 0 Å². The van der Waals surface area contributed by atoms with Crippen LogP contribution in [0.15, 0.2) is 16.5 Å². The summed E-state index contributed by atoms with van der Waals surface area (Å²) in [5, 5.41) is 10.7. The molecule has 0 aliphatic rings. The van der Waals surface area contributed by atoms with Crippen molar-refractivity contribution < 1.29 is 14.4 Å². The van der Waals surface area contributed by atoms with E-state index >= 15 is 0 Å². The summed E-state index contributed by atoms with van der Waals surface area (Å²) < 4.78 is 4.97. The molecule has 1 rings (SSSR count). The fraction of sp³-hybridized carbons (Fsp3) is 0.429. The number of furan rings is 1. The first kappa shape index (κ1) is 9.31. The van der Waals surface area contributed by atoms with Crippen molar-refractivity contribution in [3.05, 3.63) is 17.9 Å². The summed E-state index contributed by atoms with van der Waals surface area (Å²) in [5.74, 6) is 0.358. The molecule has 2 radical (unpaired) electrons. The third-order valence-corrected chi connectivity index (χ3v) is 1.53. The van der Waals surface area contributed by atoms with Gasteiger partial charge in [0.05, 0.1) is 7.11 Å². The van der Waals surface area contributed by atoms with Crippen molar-refractivity contribution in [1.82, 2.24) is 5.06 Å². The molecule has 5 heteroatoms. The average molecular weight is 167 g/mol. The molecule has 0 saturated carbocycles. The van der Waals surface area contributed by atoms with Crippen LogP contribution in [0.4, 0.5) is 0 Å². The lowest BCUT2D eigenvalue weighted by Gasteiger charge is -2.18. The Labute approximate surface area is 72.1 Å². The van der Waals surface area contributed by atoms with Gasteiger partial charge in [-0.2, -0.15) is 5.06 Å². The highest BCUT2D eigenvalue weighted by molar-refractivity contribution is 6.29. The summed E-state index contributed by atoms with van der Waals surface area (Å²) in [6, 6.07) is 3.16.